The van der Waals surface area contributed by atoms with Gasteiger partial charge in [-0.25, -0.2) is 0 Å². The SMILES string of the molecule is Cl.O=S(=O)(O)c1cc(O)ccc1Cl. The summed E-state index contributed by atoms with van der Waals surface area (Å²) in [6.07, 6.45) is 0. The van der Waals surface area contributed by atoms with Crippen molar-refractivity contribution in [2.24, 2.45) is 0 Å². The van der Waals surface area contributed by atoms with Gasteiger partial charge in [0, 0.05) is 6.07 Å². The first-order valence-electron chi connectivity index (χ1n) is 2.87. The van der Waals surface area contributed by atoms with Gasteiger partial charge in [-0.1, -0.05) is 11.6 Å². The van der Waals surface area contributed by atoms with Gasteiger partial charge in [0.05, 0.1) is 5.02 Å². The van der Waals surface area contributed by atoms with E-state index in [1.54, 1.807) is 0 Å². The minimum Gasteiger partial charge on any atom is -0.508 e. The molecule has 0 heterocycles. The van der Waals surface area contributed by atoms with Crippen LogP contribution in [-0.4, -0.2) is 18.1 Å². The van der Waals surface area contributed by atoms with Crippen LogP contribution in [0, 0.1) is 0 Å². The predicted molar refractivity (Wildman–Crippen MR) is 50.2 cm³/mol. The summed E-state index contributed by atoms with van der Waals surface area (Å²) in [6.45, 7) is 0. The molecule has 0 saturated carbocycles. The number of rotatable bonds is 1. The van der Waals surface area contributed by atoms with Gasteiger partial charge in [-0.15, -0.1) is 12.4 Å². The molecule has 0 amide bonds. The number of hydrogen-bond donors (Lipinski definition) is 2. The van der Waals surface area contributed by atoms with Gasteiger partial charge in [-0.3, -0.25) is 4.55 Å². The third kappa shape index (κ3) is 3.04. The molecule has 0 saturated heterocycles. The van der Waals surface area contributed by atoms with E-state index < -0.39 is 15.0 Å². The van der Waals surface area contributed by atoms with Crippen molar-refractivity contribution in [3.8, 4) is 5.75 Å². The lowest BCUT2D eigenvalue weighted by Gasteiger charge is -1.99. The Hall–Kier alpha value is -0.490. The highest BCUT2D eigenvalue weighted by Crippen LogP contribution is 2.24. The highest BCUT2D eigenvalue weighted by molar-refractivity contribution is 7.86. The molecule has 74 valence electrons. The van der Waals surface area contributed by atoms with E-state index in [0.29, 0.717) is 0 Å². The molecule has 0 aromatic heterocycles. The Balaban J connectivity index is 0.00000144. The molecule has 2 N–H and O–H groups in total. The molecule has 4 nitrogen and oxygen atoms in total. The Kier molecular flexibility index (Phi) is 3.99. The Bertz CT molecular complexity index is 401. The van der Waals surface area contributed by atoms with Gasteiger partial charge in [0.15, 0.2) is 0 Å². The Morgan fingerprint density at radius 1 is 1.31 bits per heavy atom. The number of phenolic OH excluding ortho intramolecular Hbond substituents is 1. The lowest BCUT2D eigenvalue weighted by Crippen LogP contribution is -1.98. The molecule has 0 aliphatic rings. The van der Waals surface area contributed by atoms with Crippen LogP contribution in [0.25, 0.3) is 0 Å². The van der Waals surface area contributed by atoms with Crippen LogP contribution in [0.1, 0.15) is 0 Å². The highest BCUT2D eigenvalue weighted by atomic mass is 35.5. The minimum absolute atomic E-state index is 0. The fourth-order valence-corrected chi connectivity index (χ4v) is 1.68. The maximum Gasteiger partial charge on any atom is 0.296 e. The molecule has 0 bridgehead atoms. The molecule has 1 aromatic rings. The average Bonchev–Trinajstić information content (AvgIpc) is 1.92. The Morgan fingerprint density at radius 2 is 1.85 bits per heavy atom. The fraction of sp³-hybridized carbons (Fsp3) is 0. The third-order valence-corrected chi connectivity index (χ3v) is 2.53. The van der Waals surface area contributed by atoms with Gasteiger partial charge in [-0.2, -0.15) is 8.42 Å². The van der Waals surface area contributed by atoms with E-state index in [0.717, 1.165) is 6.07 Å². The predicted octanol–water partition coefficient (Wildman–Crippen LogP) is 1.71. The lowest BCUT2D eigenvalue weighted by atomic mass is 10.3. The minimum atomic E-state index is -4.35. The Labute approximate surface area is 86.3 Å². The van der Waals surface area contributed by atoms with Crippen molar-refractivity contribution in [3.05, 3.63) is 23.2 Å². The summed E-state index contributed by atoms with van der Waals surface area (Å²) < 4.78 is 29.7. The summed E-state index contributed by atoms with van der Waals surface area (Å²) in [5, 5.41) is 8.74. The largest absolute Gasteiger partial charge is 0.508 e. The van der Waals surface area contributed by atoms with E-state index in [1.165, 1.54) is 12.1 Å². The van der Waals surface area contributed by atoms with Crippen LogP contribution in [0.4, 0.5) is 0 Å². The molecule has 1 rings (SSSR count). The van der Waals surface area contributed by atoms with E-state index >= 15 is 0 Å². The second-order valence-electron chi connectivity index (χ2n) is 2.09. The first-order valence-corrected chi connectivity index (χ1v) is 4.69. The van der Waals surface area contributed by atoms with Crippen molar-refractivity contribution in [2.75, 3.05) is 0 Å². The maximum atomic E-state index is 10.6. The number of benzene rings is 1. The smallest absolute Gasteiger partial charge is 0.296 e. The van der Waals surface area contributed by atoms with E-state index in [9.17, 15) is 8.42 Å². The zero-order chi connectivity index (χ0) is 9.35. The van der Waals surface area contributed by atoms with Crippen LogP contribution in [0.5, 0.6) is 5.75 Å². The highest BCUT2D eigenvalue weighted by Gasteiger charge is 2.14. The van der Waals surface area contributed by atoms with Gasteiger partial charge in [0.25, 0.3) is 10.1 Å². The van der Waals surface area contributed by atoms with E-state index in [1.807, 2.05) is 0 Å². The van der Waals surface area contributed by atoms with Crippen LogP contribution in [0.15, 0.2) is 23.1 Å². The maximum absolute atomic E-state index is 10.6. The van der Waals surface area contributed by atoms with Crippen molar-refractivity contribution < 1.29 is 18.1 Å². The first-order chi connectivity index (χ1) is 5.41. The zero-order valence-corrected chi connectivity index (χ0v) is 8.53. The van der Waals surface area contributed by atoms with Crippen LogP contribution in [-0.2, 0) is 10.1 Å². The van der Waals surface area contributed by atoms with Crippen molar-refractivity contribution in [3.63, 3.8) is 0 Å². The van der Waals surface area contributed by atoms with Crippen LogP contribution in [0.3, 0.4) is 0 Å². The molecule has 0 radical (unpaired) electrons. The summed E-state index contributed by atoms with van der Waals surface area (Å²) in [5.41, 5.74) is 0. The number of halogens is 2. The molecular formula is C6H6Cl2O4S. The van der Waals surface area contributed by atoms with Gasteiger partial charge >= 0.3 is 0 Å². The quantitative estimate of drug-likeness (QED) is 0.738. The average molecular weight is 245 g/mol. The molecular weight excluding hydrogens is 239 g/mol. The number of phenols is 1. The molecule has 13 heavy (non-hydrogen) atoms. The van der Waals surface area contributed by atoms with Crippen molar-refractivity contribution in [1.29, 1.82) is 0 Å². The monoisotopic (exact) mass is 244 g/mol. The van der Waals surface area contributed by atoms with Gasteiger partial charge in [0.1, 0.15) is 10.6 Å². The van der Waals surface area contributed by atoms with E-state index in [2.05, 4.69) is 0 Å². The second kappa shape index (κ2) is 4.15. The first kappa shape index (κ1) is 12.5. The van der Waals surface area contributed by atoms with Crippen molar-refractivity contribution in [1.82, 2.24) is 0 Å². The summed E-state index contributed by atoms with van der Waals surface area (Å²) in [6, 6.07) is 3.27. The fourth-order valence-electron chi connectivity index (χ4n) is 0.690. The third-order valence-electron chi connectivity index (χ3n) is 1.19. The summed E-state index contributed by atoms with van der Waals surface area (Å²) in [7, 11) is -4.35. The van der Waals surface area contributed by atoms with Gasteiger partial charge in [0.2, 0.25) is 0 Å². The molecule has 0 spiro atoms. The number of hydrogen-bond acceptors (Lipinski definition) is 3. The topological polar surface area (TPSA) is 74.6 Å². The van der Waals surface area contributed by atoms with Crippen molar-refractivity contribution in [2.45, 2.75) is 4.90 Å². The zero-order valence-electron chi connectivity index (χ0n) is 6.14. The Morgan fingerprint density at radius 3 is 2.23 bits per heavy atom. The molecule has 0 fully saturated rings. The van der Waals surface area contributed by atoms with Gasteiger partial charge < -0.3 is 5.11 Å². The standard InChI is InChI=1S/C6H5ClO4S.ClH/c7-5-2-1-4(8)3-6(5)12(9,10)11;/h1-3,8H,(H,9,10,11);1H. The molecule has 1 aromatic carbocycles. The number of aromatic hydroxyl groups is 1. The second-order valence-corrected chi connectivity index (χ2v) is 3.89. The molecule has 0 atom stereocenters. The molecule has 0 unspecified atom stereocenters. The molecule has 0 aliphatic heterocycles. The summed E-state index contributed by atoms with van der Waals surface area (Å²) in [4.78, 5) is -0.496. The van der Waals surface area contributed by atoms with Gasteiger partial charge in [-0.05, 0) is 12.1 Å². The van der Waals surface area contributed by atoms with E-state index in [-0.39, 0.29) is 23.2 Å². The van der Waals surface area contributed by atoms with Crippen LogP contribution in [0.2, 0.25) is 5.02 Å². The van der Waals surface area contributed by atoms with Crippen LogP contribution < -0.4 is 0 Å². The van der Waals surface area contributed by atoms with Crippen LogP contribution >= 0.6 is 24.0 Å². The molecule has 0 aliphatic carbocycles. The summed E-state index contributed by atoms with van der Waals surface area (Å²) in [5.74, 6) is -0.271. The lowest BCUT2D eigenvalue weighted by molar-refractivity contribution is 0.466. The molecule has 7 heteroatoms. The van der Waals surface area contributed by atoms with Crippen molar-refractivity contribution >= 4 is 34.1 Å². The van der Waals surface area contributed by atoms with E-state index in [4.69, 9.17) is 21.3 Å². The normalized spacial score (nSPS) is 10.6. The summed E-state index contributed by atoms with van der Waals surface area (Å²) >= 11 is 5.43.